The molecule has 0 unspecified atom stereocenters. The van der Waals surface area contributed by atoms with Crippen molar-refractivity contribution in [3.63, 3.8) is 0 Å². The summed E-state index contributed by atoms with van der Waals surface area (Å²) in [5.74, 6) is 1.91. The Morgan fingerprint density at radius 2 is 0.756 bits per heavy atom. The molecule has 0 aliphatic heterocycles. The molecule has 2 aromatic rings. The summed E-state index contributed by atoms with van der Waals surface area (Å²) in [7, 11) is 15.3. The Kier molecular flexibility index (Phi) is 19.5. The Balaban J connectivity index is -0.000000476. The molecule has 4 N–H and O–H groups in total. The van der Waals surface area contributed by atoms with Crippen molar-refractivity contribution >= 4 is 35.0 Å². The van der Waals surface area contributed by atoms with E-state index in [1.807, 2.05) is 126 Å². The summed E-state index contributed by atoms with van der Waals surface area (Å²) in [4.78, 5) is 7.44. The Labute approximate surface area is 267 Å². The van der Waals surface area contributed by atoms with E-state index in [1.165, 1.54) is 0 Å². The summed E-state index contributed by atoms with van der Waals surface area (Å²) in [5, 5.41) is 34.3. The predicted molar refractivity (Wildman–Crippen MR) is 173 cm³/mol. The van der Waals surface area contributed by atoms with Gasteiger partial charge in [0.2, 0.25) is 0 Å². The Morgan fingerprint density at radius 1 is 0.537 bits per heavy atom. The molecule has 0 bridgehead atoms. The quantitative estimate of drug-likeness (QED) is 0.270. The molecule has 0 spiro atoms. The van der Waals surface area contributed by atoms with Crippen molar-refractivity contribution in [3.05, 3.63) is 58.7 Å². The third-order valence-corrected chi connectivity index (χ3v) is 5.87. The maximum atomic E-state index is 11.6. The van der Waals surface area contributed by atoms with Crippen molar-refractivity contribution in [2.75, 3.05) is 56.4 Å². The van der Waals surface area contributed by atoms with Gasteiger partial charge in [-0.2, -0.15) is 0 Å². The normalized spacial score (nSPS) is 10.1. The standard InChI is InChI=1S/2C11H16O.2C5H13N3.Mg/c2*1-8-6-5-7-9(10(8)12)11(2,3)4;2*1-7(2)5(6)8(3)4;/h2*5-7,12H,1-4H3;2*6H,1-4H3;/q;;;;+2. The number of benzene rings is 2. The van der Waals surface area contributed by atoms with Gasteiger partial charge >= 0.3 is 35.0 Å². The van der Waals surface area contributed by atoms with Crippen LogP contribution in [0.2, 0.25) is 0 Å². The van der Waals surface area contributed by atoms with Gasteiger partial charge in [0.15, 0.2) is 0 Å². The van der Waals surface area contributed by atoms with Crippen LogP contribution in [0.5, 0.6) is 11.5 Å². The van der Waals surface area contributed by atoms with Crippen LogP contribution in [0.3, 0.4) is 0 Å². The van der Waals surface area contributed by atoms with Crippen molar-refractivity contribution < 1.29 is 21.0 Å². The molecular weight excluding hydrogens is 525 g/mol. The van der Waals surface area contributed by atoms with Gasteiger partial charge in [-0.25, -0.2) is 0 Å². The molecule has 0 radical (unpaired) electrons. The molecule has 0 fully saturated rings. The van der Waals surface area contributed by atoms with Crippen molar-refractivity contribution in [2.24, 2.45) is 0 Å². The van der Waals surface area contributed by atoms with Crippen LogP contribution >= 0.6 is 0 Å². The number of hydrogen-bond donors (Lipinski definition) is 2. The first kappa shape index (κ1) is 42.8. The topological polar surface area (TPSA) is 110 Å². The summed E-state index contributed by atoms with van der Waals surface area (Å²) in [6, 6.07) is 11.4. The molecule has 0 saturated heterocycles. The van der Waals surface area contributed by atoms with Crippen LogP contribution in [0.1, 0.15) is 63.8 Å². The summed E-state index contributed by atoms with van der Waals surface area (Å²) < 4.78 is 0. The smallest absolute Gasteiger partial charge is 0.872 e. The van der Waals surface area contributed by atoms with E-state index in [1.54, 1.807) is 0 Å². The zero-order valence-electron chi connectivity index (χ0n) is 28.9. The maximum Gasteiger partial charge on any atom is 2.00 e. The third-order valence-electron chi connectivity index (χ3n) is 5.87. The van der Waals surface area contributed by atoms with Crippen LogP contribution < -0.4 is 21.0 Å². The average molecular weight is 583 g/mol. The second-order valence-corrected chi connectivity index (χ2v) is 12.7. The van der Waals surface area contributed by atoms with Crippen LogP contribution in [-0.2, 0) is 10.8 Å². The van der Waals surface area contributed by atoms with E-state index in [-0.39, 0.29) is 45.4 Å². The van der Waals surface area contributed by atoms with E-state index in [9.17, 15) is 10.2 Å². The van der Waals surface area contributed by atoms with Gasteiger partial charge < -0.3 is 10.2 Å². The van der Waals surface area contributed by atoms with Crippen molar-refractivity contribution in [1.82, 2.24) is 19.6 Å². The predicted octanol–water partition coefficient (Wildman–Crippen LogP) is 0.801. The van der Waals surface area contributed by atoms with Crippen LogP contribution in [0.15, 0.2) is 36.4 Å². The molecule has 2 rings (SSSR count). The Morgan fingerprint density at radius 3 is 0.878 bits per heavy atom. The molecule has 0 aliphatic carbocycles. The molecule has 41 heavy (non-hydrogen) atoms. The SMILES string of the molecule is CN(C)C(=[NH2+])N(C)C.CN(C)C(=[NH2+])N(C)C.Cc1cccc(C(C)(C)C)c1[O-].Cc1cccc(C(C)(C)C)c1[O-].[Mg+2]. The zero-order valence-corrected chi connectivity index (χ0v) is 30.3. The monoisotopic (exact) mass is 582 g/mol. The average Bonchev–Trinajstić information content (AvgIpc) is 2.81. The number of rotatable bonds is 0. The fraction of sp³-hybridized carbons (Fsp3) is 0.562. The second-order valence-electron chi connectivity index (χ2n) is 12.7. The third kappa shape index (κ3) is 16.4. The van der Waals surface area contributed by atoms with Gasteiger partial charge in [-0.1, -0.05) is 100 Å². The first-order valence-electron chi connectivity index (χ1n) is 13.4. The zero-order chi connectivity index (χ0) is 32.2. The van der Waals surface area contributed by atoms with E-state index in [0.29, 0.717) is 0 Å². The van der Waals surface area contributed by atoms with E-state index in [4.69, 9.17) is 10.8 Å². The van der Waals surface area contributed by atoms with Crippen LogP contribution in [-0.4, -0.2) is 111 Å². The number of nitrogens with two attached hydrogens (primary N) is 2. The number of para-hydroxylation sites is 2. The number of hydrogen-bond acceptors (Lipinski definition) is 2. The number of guanidine groups is 2. The first-order valence-corrected chi connectivity index (χ1v) is 13.4. The molecule has 0 saturated carbocycles. The van der Waals surface area contributed by atoms with Crippen LogP contribution in [0, 0.1) is 13.8 Å². The fourth-order valence-electron chi connectivity index (χ4n) is 3.29. The van der Waals surface area contributed by atoms with Gasteiger partial charge in [0.25, 0.3) is 0 Å². The molecule has 2 aromatic carbocycles. The molecule has 0 heterocycles. The van der Waals surface area contributed by atoms with E-state index in [2.05, 4.69) is 41.5 Å². The molecule has 9 heteroatoms. The molecule has 0 amide bonds. The number of nitrogens with zero attached hydrogens (tertiary/aromatic N) is 4. The molecule has 0 aromatic heterocycles. The van der Waals surface area contributed by atoms with Gasteiger partial charge in [0, 0.05) is 0 Å². The van der Waals surface area contributed by atoms with Crippen LogP contribution in [0.25, 0.3) is 0 Å². The summed E-state index contributed by atoms with van der Waals surface area (Å²) in [6.45, 7) is 16.1. The minimum atomic E-state index is -0.0386. The molecule has 0 aliphatic rings. The van der Waals surface area contributed by atoms with Gasteiger partial charge in [0.1, 0.15) is 0 Å². The summed E-state index contributed by atoms with van der Waals surface area (Å²) in [5.41, 5.74) is 3.40. The van der Waals surface area contributed by atoms with Gasteiger partial charge in [-0.15, -0.1) is 11.5 Å². The van der Waals surface area contributed by atoms with E-state index >= 15 is 0 Å². The minimum Gasteiger partial charge on any atom is -0.872 e. The summed E-state index contributed by atoms with van der Waals surface area (Å²) in [6.07, 6.45) is 0. The fourth-order valence-corrected chi connectivity index (χ4v) is 3.29. The second kappa shape index (κ2) is 18.7. The van der Waals surface area contributed by atoms with Crippen molar-refractivity contribution in [3.8, 4) is 11.5 Å². The Bertz CT molecular complexity index is 963. The van der Waals surface area contributed by atoms with Gasteiger partial charge in [-0.05, 0) is 24.7 Å². The van der Waals surface area contributed by atoms with Crippen molar-refractivity contribution in [2.45, 2.75) is 66.2 Å². The van der Waals surface area contributed by atoms with Gasteiger partial charge in [0.05, 0.1) is 56.4 Å². The van der Waals surface area contributed by atoms with Crippen LogP contribution in [0.4, 0.5) is 0 Å². The minimum absolute atomic E-state index is 0. The van der Waals surface area contributed by atoms with Gasteiger partial charge in [-0.3, -0.25) is 30.4 Å². The summed E-state index contributed by atoms with van der Waals surface area (Å²) >= 11 is 0. The molecule has 228 valence electrons. The first-order chi connectivity index (χ1) is 18.0. The Hall–Kier alpha value is -2.65. The molecule has 8 nitrogen and oxygen atoms in total. The molecule has 0 atom stereocenters. The number of aryl methyl sites for hydroxylation is 2. The molecular formula is C32H58MgN6O2+2. The van der Waals surface area contributed by atoms with E-state index in [0.717, 1.165) is 34.2 Å². The van der Waals surface area contributed by atoms with Crippen molar-refractivity contribution in [1.29, 1.82) is 0 Å². The van der Waals surface area contributed by atoms with E-state index < -0.39 is 0 Å². The maximum absolute atomic E-state index is 11.6. The largest absolute Gasteiger partial charge is 2.00 e.